The molecule has 0 saturated heterocycles. The third-order valence-corrected chi connectivity index (χ3v) is 2.11. The molecule has 1 aromatic heterocycles. The van der Waals surface area contributed by atoms with Crippen molar-refractivity contribution in [3.63, 3.8) is 0 Å². The van der Waals surface area contributed by atoms with Crippen LogP contribution in [0, 0.1) is 6.92 Å². The minimum absolute atomic E-state index is 0.0830. The second kappa shape index (κ2) is 5.95. The zero-order chi connectivity index (χ0) is 12.8. The van der Waals surface area contributed by atoms with E-state index in [1.54, 1.807) is 19.1 Å². The summed E-state index contributed by atoms with van der Waals surface area (Å²) in [5, 5.41) is 11.2. The lowest BCUT2D eigenvalue weighted by atomic mass is 10.2. The van der Waals surface area contributed by atoms with E-state index in [0.29, 0.717) is 5.56 Å². The number of carbonyl (C=O) groups excluding carboxylic acids is 1. The van der Waals surface area contributed by atoms with E-state index in [9.17, 15) is 9.59 Å². The number of rotatable bonds is 5. The van der Waals surface area contributed by atoms with Crippen LogP contribution in [0.4, 0.5) is 0 Å². The number of carboxylic acids is 1. The molecule has 2 N–H and O–H groups in total. The van der Waals surface area contributed by atoms with Gasteiger partial charge in [-0.1, -0.05) is 0 Å². The van der Waals surface area contributed by atoms with E-state index in [-0.39, 0.29) is 6.61 Å². The van der Waals surface area contributed by atoms with Crippen LogP contribution in [0.5, 0.6) is 0 Å². The fourth-order valence-electron chi connectivity index (χ4n) is 1.19. The molecular formula is C11H14N2O4. The molecule has 0 saturated carbocycles. The van der Waals surface area contributed by atoms with Gasteiger partial charge < -0.3 is 15.2 Å². The highest BCUT2D eigenvalue weighted by atomic mass is 16.5. The van der Waals surface area contributed by atoms with Crippen molar-refractivity contribution in [1.29, 1.82) is 0 Å². The summed E-state index contributed by atoms with van der Waals surface area (Å²) in [5.74, 6) is -1.62. The normalized spacial score (nSPS) is 11.9. The van der Waals surface area contributed by atoms with Crippen LogP contribution < -0.4 is 5.32 Å². The van der Waals surface area contributed by atoms with Crippen LogP contribution in [-0.4, -0.2) is 41.7 Å². The van der Waals surface area contributed by atoms with Crippen LogP contribution in [0.1, 0.15) is 16.1 Å². The van der Waals surface area contributed by atoms with Gasteiger partial charge in [-0.25, -0.2) is 4.79 Å². The molecule has 0 radical (unpaired) electrons. The van der Waals surface area contributed by atoms with E-state index < -0.39 is 17.9 Å². The van der Waals surface area contributed by atoms with Gasteiger partial charge in [-0.15, -0.1) is 0 Å². The van der Waals surface area contributed by atoms with E-state index in [1.807, 2.05) is 0 Å². The standard InChI is InChI=1S/C11H14N2O4/c1-7-3-4-8(5-12-7)10(14)13-9(6-17-2)11(15)16/h3-5,9H,6H2,1-2H3,(H,13,14)(H,15,16). The molecule has 0 aliphatic rings. The smallest absolute Gasteiger partial charge is 0.328 e. The van der Waals surface area contributed by atoms with Crippen molar-refractivity contribution in [2.24, 2.45) is 0 Å². The molecular weight excluding hydrogens is 224 g/mol. The van der Waals surface area contributed by atoms with Crippen molar-refractivity contribution in [2.75, 3.05) is 13.7 Å². The number of nitrogens with one attached hydrogen (secondary N) is 1. The maximum Gasteiger partial charge on any atom is 0.328 e. The number of pyridine rings is 1. The van der Waals surface area contributed by atoms with E-state index in [2.05, 4.69) is 10.3 Å². The quantitative estimate of drug-likeness (QED) is 0.766. The summed E-state index contributed by atoms with van der Waals surface area (Å²) in [6.45, 7) is 1.72. The molecule has 1 rings (SSSR count). The van der Waals surface area contributed by atoms with Gasteiger partial charge in [0.05, 0.1) is 12.2 Å². The van der Waals surface area contributed by atoms with Crippen molar-refractivity contribution >= 4 is 11.9 Å². The van der Waals surface area contributed by atoms with Crippen LogP contribution in [0.15, 0.2) is 18.3 Å². The van der Waals surface area contributed by atoms with Gasteiger partial charge in [0.25, 0.3) is 5.91 Å². The van der Waals surface area contributed by atoms with Gasteiger partial charge in [-0.2, -0.15) is 0 Å². The number of hydrogen-bond donors (Lipinski definition) is 2. The van der Waals surface area contributed by atoms with Crippen molar-refractivity contribution in [1.82, 2.24) is 10.3 Å². The Morgan fingerprint density at radius 3 is 2.71 bits per heavy atom. The van der Waals surface area contributed by atoms with Gasteiger partial charge in [0.2, 0.25) is 0 Å². The Labute approximate surface area is 98.6 Å². The van der Waals surface area contributed by atoms with Crippen LogP contribution >= 0.6 is 0 Å². The second-order valence-corrected chi connectivity index (χ2v) is 3.51. The number of methoxy groups -OCH3 is 1. The Bertz CT molecular complexity index is 402. The summed E-state index contributed by atoms with van der Waals surface area (Å²) >= 11 is 0. The number of amides is 1. The summed E-state index contributed by atoms with van der Waals surface area (Å²) in [5.41, 5.74) is 1.10. The number of nitrogens with zero attached hydrogens (tertiary/aromatic N) is 1. The molecule has 0 bridgehead atoms. The van der Waals surface area contributed by atoms with Crippen molar-refractivity contribution < 1.29 is 19.4 Å². The molecule has 1 amide bonds. The molecule has 0 fully saturated rings. The first-order valence-corrected chi connectivity index (χ1v) is 5.00. The first-order valence-electron chi connectivity index (χ1n) is 5.00. The number of aliphatic carboxylic acids is 1. The predicted molar refractivity (Wildman–Crippen MR) is 59.7 cm³/mol. The predicted octanol–water partition coefficient (Wildman–Crippen LogP) is 0.219. The molecule has 0 aliphatic carbocycles. The van der Waals surface area contributed by atoms with Crippen molar-refractivity contribution in [3.8, 4) is 0 Å². The molecule has 0 aromatic carbocycles. The van der Waals surface area contributed by atoms with Crippen LogP contribution in [0.3, 0.4) is 0 Å². The highest BCUT2D eigenvalue weighted by Gasteiger charge is 2.20. The van der Waals surface area contributed by atoms with Gasteiger partial charge >= 0.3 is 5.97 Å². The van der Waals surface area contributed by atoms with E-state index >= 15 is 0 Å². The summed E-state index contributed by atoms with van der Waals surface area (Å²) < 4.78 is 4.71. The zero-order valence-electron chi connectivity index (χ0n) is 9.64. The molecule has 6 nitrogen and oxygen atoms in total. The number of aromatic nitrogens is 1. The highest BCUT2D eigenvalue weighted by Crippen LogP contribution is 2.00. The summed E-state index contributed by atoms with van der Waals surface area (Å²) in [6, 6.07) is 2.21. The lowest BCUT2D eigenvalue weighted by Crippen LogP contribution is -2.43. The van der Waals surface area contributed by atoms with E-state index in [4.69, 9.17) is 9.84 Å². The third-order valence-electron chi connectivity index (χ3n) is 2.11. The SMILES string of the molecule is COCC(NC(=O)c1ccc(C)nc1)C(=O)O. The number of aryl methyl sites for hydroxylation is 1. The van der Waals surface area contributed by atoms with E-state index in [1.165, 1.54) is 13.3 Å². The highest BCUT2D eigenvalue weighted by molar-refractivity contribution is 5.96. The Morgan fingerprint density at radius 1 is 1.53 bits per heavy atom. The van der Waals surface area contributed by atoms with Crippen molar-refractivity contribution in [3.05, 3.63) is 29.6 Å². The minimum Gasteiger partial charge on any atom is -0.480 e. The molecule has 17 heavy (non-hydrogen) atoms. The first kappa shape index (κ1) is 13.1. The van der Waals surface area contributed by atoms with Gasteiger partial charge in [-0.3, -0.25) is 9.78 Å². The topological polar surface area (TPSA) is 88.5 Å². The lowest BCUT2D eigenvalue weighted by Gasteiger charge is -2.13. The van der Waals surface area contributed by atoms with Crippen LogP contribution in [0.2, 0.25) is 0 Å². The molecule has 92 valence electrons. The largest absolute Gasteiger partial charge is 0.480 e. The summed E-state index contributed by atoms with van der Waals surface area (Å²) in [6.07, 6.45) is 1.40. The molecule has 0 aliphatic heterocycles. The summed E-state index contributed by atoms with van der Waals surface area (Å²) in [4.78, 5) is 26.4. The monoisotopic (exact) mass is 238 g/mol. The fourth-order valence-corrected chi connectivity index (χ4v) is 1.19. The van der Waals surface area contributed by atoms with Crippen LogP contribution in [-0.2, 0) is 9.53 Å². The molecule has 6 heteroatoms. The second-order valence-electron chi connectivity index (χ2n) is 3.51. The molecule has 1 heterocycles. The Balaban J connectivity index is 2.70. The number of hydrogen-bond acceptors (Lipinski definition) is 4. The third kappa shape index (κ3) is 3.84. The number of carbonyl (C=O) groups is 2. The summed E-state index contributed by atoms with van der Waals surface area (Å²) in [7, 11) is 1.37. The average Bonchev–Trinajstić information content (AvgIpc) is 2.29. The fraction of sp³-hybridized carbons (Fsp3) is 0.364. The maximum absolute atomic E-state index is 11.7. The molecule has 0 spiro atoms. The van der Waals surface area contributed by atoms with Gasteiger partial charge in [0, 0.05) is 19.0 Å². The van der Waals surface area contributed by atoms with Gasteiger partial charge in [0.1, 0.15) is 0 Å². The Kier molecular flexibility index (Phi) is 4.59. The minimum atomic E-state index is -1.14. The maximum atomic E-state index is 11.7. The number of carboxylic acid groups (broad SMARTS) is 1. The Morgan fingerprint density at radius 2 is 2.24 bits per heavy atom. The average molecular weight is 238 g/mol. The van der Waals surface area contributed by atoms with Crippen molar-refractivity contribution in [2.45, 2.75) is 13.0 Å². The Hall–Kier alpha value is -1.95. The number of ether oxygens (including phenoxy) is 1. The van der Waals surface area contributed by atoms with Gasteiger partial charge in [-0.05, 0) is 19.1 Å². The first-order chi connectivity index (χ1) is 8.04. The van der Waals surface area contributed by atoms with E-state index in [0.717, 1.165) is 5.69 Å². The zero-order valence-corrected chi connectivity index (χ0v) is 9.64. The molecule has 1 atom stereocenters. The molecule has 1 unspecified atom stereocenters. The molecule has 1 aromatic rings. The van der Waals surface area contributed by atoms with Crippen LogP contribution in [0.25, 0.3) is 0 Å². The van der Waals surface area contributed by atoms with Gasteiger partial charge in [0.15, 0.2) is 6.04 Å². The lowest BCUT2D eigenvalue weighted by molar-refractivity contribution is -0.140.